The third-order valence-electron chi connectivity index (χ3n) is 5.65. The van der Waals surface area contributed by atoms with E-state index in [9.17, 15) is 14.9 Å². The lowest BCUT2D eigenvalue weighted by Crippen LogP contribution is -2.48. The Morgan fingerprint density at radius 3 is 2.40 bits per heavy atom. The molecule has 3 aromatic rings. The molecule has 4 rings (SSSR count). The SMILES string of the molecule is CC(=O)N1CCN(c2ccc(-c3[nH]c4c(C#N)cnn4c(=O)c3C(C)C)cc2)CC1. The van der Waals surface area contributed by atoms with E-state index in [2.05, 4.69) is 21.1 Å². The fraction of sp³-hybridized carbons (Fsp3) is 0.364. The van der Waals surface area contributed by atoms with Crippen LogP contribution in [0, 0.1) is 11.3 Å². The summed E-state index contributed by atoms with van der Waals surface area (Å²) >= 11 is 0. The molecule has 30 heavy (non-hydrogen) atoms. The number of carbonyl (C=O) groups is 1. The second-order valence-electron chi connectivity index (χ2n) is 7.84. The maximum atomic E-state index is 13.0. The monoisotopic (exact) mass is 404 g/mol. The van der Waals surface area contributed by atoms with Crippen LogP contribution in [0.2, 0.25) is 0 Å². The molecule has 0 bridgehead atoms. The summed E-state index contributed by atoms with van der Waals surface area (Å²) in [5.41, 5.74) is 3.85. The van der Waals surface area contributed by atoms with Gasteiger partial charge in [0.15, 0.2) is 5.65 Å². The standard InChI is InChI=1S/C22H24N6O2/c1-14(2)19-20(25-21-17(12-23)13-24-28(21)22(19)30)16-4-6-18(7-5-16)27-10-8-26(9-11-27)15(3)29/h4-7,13-14,25H,8-11H2,1-3H3. The molecule has 0 radical (unpaired) electrons. The van der Waals surface area contributed by atoms with Crippen LogP contribution in [0.25, 0.3) is 16.9 Å². The number of aromatic nitrogens is 3. The average molecular weight is 404 g/mol. The highest BCUT2D eigenvalue weighted by atomic mass is 16.2. The van der Waals surface area contributed by atoms with Gasteiger partial charge in [-0.05, 0) is 23.6 Å². The van der Waals surface area contributed by atoms with E-state index in [1.165, 1.54) is 10.7 Å². The van der Waals surface area contributed by atoms with Gasteiger partial charge in [0.05, 0.1) is 11.9 Å². The second kappa shape index (κ2) is 7.67. The van der Waals surface area contributed by atoms with E-state index < -0.39 is 0 Å². The van der Waals surface area contributed by atoms with Gasteiger partial charge >= 0.3 is 0 Å². The number of anilines is 1. The molecule has 154 valence electrons. The summed E-state index contributed by atoms with van der Waals surface area (Å²) in [6.45, 7) is 8.57. The van der Waals surface area contributed by atoms with Crippen molar-refractivity contribution in [2.24, 2.45) is 0 Å². The molecule has 2 aromatic heterocycles. The van der Waals surface area contributed by atoms with Crippen molar-refractivity contribution >= 4 is 17.2 Å². The van der Waals surface area contributed by atoms with Crippen LogP contribution >= 0.6 is 0 Å². The van der Waals surface area contributed by atoms with Gasteiger partial charge < -0.3 is 14.8 Å². The first-order valence-electron chi connectivity index (χ1n) is 10.1. The van der Waals surface area contributed by atoms with Crippen molar-refractivity contribution in [3.8, 4) is 17.3 Å². The van der Waals surface area contributed by atoms with Crippen molar-refractivity contribution in [2.45, 2.75) is 26.7 Å². The number of nitrogens with one attached hydrogen (secondary N) is 1. The maximum absolute atomic E-state index is 13.0. The minimum atomic E-state index is -0.209. The van der Waals surface area contributed by atoms with Crippen LogP contribution in [0.15, 0.2) is 35.3 Å². The van der Waals surface area contributed by atoms with Crippen molar-refractivity contribution in [1.82, 2.24) is 19.5 Å². The van der Waals surface area contributed by atoms with Crippen LogP contribution in [0.5, 0.6) is 0 Å². The smallest absolute Gasteiger partial charge is 0.278 e. The van der Waals surface area contributed by atoms with E-state index in [0.29, 0.717) is 22.5 Å². The maximum Gasteiger partial charge on any atom is 0.278 e. The summed E-state index contributed by atoms with van der Waals surface area (Å²) in [6.07, 6.45) is 1.41. The van der Waals surface area contributed by atoms with Crippen molar-refractivity contribution in [3.05, 3.63) is 51.9 Å². The number of nitrogens with zero attached hydrogens (tertiary/aromatic N) is 5. The lowest BCUT2D eigenvalue weighted by atomic mass is 9.98. The molecule has 1 fully saturated rings. The van der Waals surface area contributed by atoms with E-state index in [0.717, 1.165) is 37.4 Å². The molecule has 8 nitrogen and oxygen atoms in total. The van der Waals surface area contributed by atoms with Gasteiger partial charge in [-0.3, -0.25) is 9.59 Å². The first kappa shape index (κ1) is 19.7. The van der Waals surface area contributed by atoms with Gasteiger partial charge in [0.2, 0.25) is 5.91 Å². The Morgan fingerprint density at radius 1 is 1.17 bits per heavy atom. The molecule has 1 N–H and O–H groups in total. The third kappa shape index (κ3) is 3.32. The largest absolute Gasteiger partial charge is 0.368 e. The summed E-state index contributed by atoms with van der Waals surface area (Å²) in [5, 5.41) is 13.4. The predicted octanol–water partition coefficient (Wildman–Crippen LogP) is 2.35. The predicted molar refractivity (Wildman–Crippen MR) is 115 cm³/mol. The van der Waals surface area contributed by atoms with E-state index in [-0.39, 0.29) is 17.4 Å². The minimum absolute atomic E-state index is 0.0118. The fourth-order valence-corrected chi connectivity index (χ4v) is 3.99. The number of nitriles is 1. The highest BCUT2D eigenvalue weighted by Crippen LogP contribution is 2.28. The zero-order valence-electron chi connectivity index (χ0n) is 17.3. The van der Waals surface area contributed by atoms with E-state index in [4.69, 9.17) is 0 Å². The molecule has 1 amide bonds. The van der Waals surface area contributed by atoms with Gasteiger partial charge in [0.25, 0.3) is 5.56 Å². The van der Waals surface area contributed by atoms with E-state index >= 15 is 0 Å². The van der Waals surface area contributed by atoms with Gasteiger partial charge in [0.1, 0.15) is 11.6 Å². The molecule has 0 unspecified atom stereocenters. The second-order valence-corrected chi connectivity index (χ2v) is 7.84. The third-order valence-corrected chi connectivity index (χ3v) is 5.65. The summed E-state index contributed by atoms with van der Waals surface area (Å²) in [4.78, 5) is 31.9. The number of amides is 1. The minimum Gasteiger partial charge on any atom is -0.368 e. The van der Waals surface area contributed by atoms with Gasteiger partial charge in [0, 0.05) is 44.4 Å². The summed E-state index contributed by atoms with van der Waals surface area (Å²) in [6, 6.07) is 10.1. The van der Waals surface area contributed by atoms with Crippen LogP contribution in [-0.2, 0) is 4.79 Å². The van der Waals surface area contributed by atoms with Crippen LogP contribution in [0.1, 0.15) is 37.8 Å². The summed E-state index contributed by atoms with van der Waals surface area (Å²) in [7, 11) is 0. The van der Waals surface area contributed by atoms with E-state index in [1.807, 2.05) is 43.0 Å². The zero-order chi connectivity index (χ0) is 21.4. The lowest BCUT2D eigenvalue weighted by molar-refractivity contribution is -0.129. The Morgan fingerprint density at radius 2 is 1.83 bits per heavy atom. The highest BCUT2D eigenvalue weighted by Gasteiger charge is 2.21. The fourth-order valence-electron chi connectivity index (χ4n) is 3.99. The molecule has 1 aliphatic heterocycles. The molecular weight excluding hydrogens is 380 g/mol. The molecule has 1 aliphatic rings. The summed E-state index contributed by atoms with van der Waals surface area (Å²) in [5.74, 6) is 0.101. The van der Waals surface area contributed by atoms with Crippen LogP contribution in [0.3, 0.4) is 0 Å². The van der Waals surface area contributed by atoms with Gasteiger partial charge in [-0.1, -0.05) is 26.0 Å². The van der Waals surface area contributed by atoms with Gasteiger partial charge in [-0.25, -0.2) is 0 Å². The van der Waals surface area contributed by atoms with E-state index in [1.54, 1.807) is 6.92 Å². The number of H-pyrrole nitrogens is 1. The molecule has 1 aromatic carbocycles. The number of rotatable bonds is 3. The zero-order valence-corrected chi connectivity index (χ0v) is 17.3. The van der Waals surface area contributed by atoms with Crippen LogP contribution in [-0.4, -0.2) is 51.6 Å². The number of carbonyl (C=O) groups excluding carboxylic acids is 1. The molecule has 0 aliphatic carbocycles. The average Bonchev–Trinajstić information content (AvgIpc) is 3.17. The van der Waals surface area contributed by atoms with Crippen LogP contribution in [0.4, 0.5) is 5.69 Å². The number of aromatic amines is 1. The molecule has 8 heteroatoms. The molecule has 0 spiro atoms. The molecule has 3 heterocycles. The molecule has 0 atom stereocenters. The lowest BCUT2D eigenvalue weighted by Gasteiger charge is -2.35. The van der Waals surface area contributed by atoms with Crippen LogP contribution < -0.4 is 10.5 Å². The first-order chi connectivity index (χ1) is 14.4. The number of hydrogen-bond acceptors (Lipinski definition) is 5. The normalized spacial score (nSPS) is 14.4. The molecular formula is C22H24N6O2. The van der Waals surface area contributed by atoms with Gasteiger partial charge in [-0.15, -0.1) is 0 Å². The van der Waals surface area contributed by atoms with Crippen molar-refractivity contribution in [2.75, 3.05) is 31.1 Å². The van der Waals surface area contributed by atoms with Crippen molar-refractivity contribution < 1.29 is 4.79 Å². The first-order valence-corrected chi connectivity index (χ1v) is 10.1. The quantitative estimate of drug-likeness (QED) is 0.723. The Hall–Kier alpha value is -3.60. The highest BCUT2D eigenvalue weighted by molar-refractivity contribution is 5.74. The number of hydrogen-bond donors (Lipinski definition) is 1. The molecule has 0 saturated carbocycles. The van der Waals surface area contributed by atoms with Crippen molar-refractivity contribution in [1.29, 1.82) is 5.26 Å². The Labute approximate surface area is 174 Å². The van der Waals surface area contributed by atoms with Crippen molar-refractivity contribution in [3.63, 3.8) is 0 Å². The number of fused-ring (bicyclic) bond motifs is 1. The van der Waals surface area contributed by atoms with Gasteiger partial charge in [-0.2, -0.15) is 14.9 Å². The molecule has 1 saturated heterocycles. The number of piperazine rings is 1. The topological polar surface area (TPSA) is 97.5 Å². The Balaban J connectivity index is 1.71. The number of benzene rings is 1. The Kier molecular flexibility index (Phi) is 5.04. The Bertz CT molecular complexity index is 1190. The summed E-state index contributed by atoms with van der Waals surface area (Å²) < 4.78 is 1.26.